The van der Waals surface area contributed by atoms with Crippen molar-refractivity contribution in [2.45, 2.75) is 23.6 Å². The lowest BCUT2D eigenvalue weighted by Gasteiger charge is -2.11. The van der Waals surface area contributed by atoms with E-state index in [-0.39, 0.29) is 10.7 Å². The maximum atomic E-state index is 13.9. The van der Waals surface area contributed by atoms with E-state index in [1.54, 1.807) is 49.0 Å². The first-order chi connectivity index (χ1) is 12.7. The van der Waals surface area contributed by atoms with Crippen molar-refractivity contribution in [1.82, 2.24) is 8.87 Å². The van der Waals surface area contributed by atoms with Gasteiger partial charge in [-0.2, -0.15) is 0 Å². The van der Waals surface area contributed by atoms with Crippen molar-refractivity contribution in [3.05, 3.63) is 59.5 Å². The van der Waals surface area contributed by atoms with Gasteiger partial charge in [0.25, 0.3) is 10.0 Å². The van der Waals surface area contributed by atoms with Gasteiger partial charge in [-0.25, -0.2) is 16.8 Å². The molecule has 0 atom stereocenters. The average molecular weight is 407 g/mol. The predicted molar refractivity (Wildman–Crippen MR) is 110 cm³/mol. The van der Waals surface area contributed by atoms with Crippen molar-refractivity contribution >= 4 is 32.7 Å². The number of rotatable bonds is 6. The highest BCUT2D eigenvalue weighted by atomic mass is 32.2. The third-order valence-electron chi connectivity index (χ3n) is 4.40. The van der Waals surface area contributed by atoms with Crippen molar-refractivity contribution in [2.24, 2.45) is 0 Å². The van der Waals surface area contributed by atoms with E-state index < -0.39 is 10.0 Å². The van der Waals surface area contributed by atoms with Gasteiger partial charge in [-0.15, -0.1) is 11.8 Å². The molecule has 0 aliphatic heterocycles. The summed E-state index contributed by atoms with van der Waals surface area (Å²) in [4.78, 5) is 3.09. The Kier molecular flexibility index (Phi) is 5.65. The van der Waals surface area contributed by atoms with Crippen molar-refractivity contribution in [3.8, 4) is 0 Å². The highest BCUT2D eigenvalue weighted by Crippen LogP contribution is 2.36. The second kappa shape index (κ2) is 7.66. The fourth-order valence-electron chi connectivity index (χ4n) is 2.97. The molecule has 1 aromatic heterocycles. The largest absolute Gasteiger partial charge is 0.309 e. The predicted octanol–water partition coefficient (Wildman–Crippen LogP) is 4.29. The molecule has 0 saturated carbocycles. The molecule has 0 amide bonds. The number of hydrogen-bond donors (Lipinski definition) is 0. The van der Waals surface area contributed by atoms with Crippen LogP contribution in [0.3, 0.4) is 0 Å². The van der Waals surface area contributed by atoms with Crippen LogP contribution in [0.15, 0.2) is 52.3 Å². The Morgan fingerprint density at radius 1 is 1.07 bits per heavy atom. The number of thioether (sulfide) groups is 1. The number of aryl methyl sites for hydroxylation is 1. The quantitative estimate of drug-likeness (QED) is 0.573. The van der Waals surface area contributed by atoms with E-state index in [1.807, 2.05) is 21.0 Å². The molecule has 3 rings (SSSR count). The summed E-state index contributed by atoms with van der Waals surface area (Å²) in [5.74, 6) is 0.412. The smallest absolute Gasteiger partial charge is 0.268 e. The summed E-state index contributed by atoms with van der Waals surface area (Å²) in [7, 11) is 0.193. The van der Waals surface area contributed by atoms with Gasteiger partial charge in [-0.3, -0.25) is 0 Å². The Labute approximate surface area is 164 Å². The summed E-state index contributed by atoms with van der Waals surface area (Å²) in [5, 5.41) is 0.631. The van der Waals surface area contributed by atoms with Gasteiger partial charge >= 0.3 is 0 Å². The Morgan fingerprint density at radius 2 is 1.74 bits per heavy atom. The zero-order valence-corrected chi connectivity index (χ0v) is 17.5. The molecule has 0 aliphatic carbocycles. The molecule has 144 valence electrons. The Balaban J connectivity index is 2.18. The minimum absolute atomic E-state index is 0.224. The number of benzene rings is 2. The summed E-state index contributed by atoms with van der Waals surface area (Å²) in [6, 6.07) is 11.0. The molecule has 1 heterocycles. The number of hydrogen-bond acceptors (Lipinski definition) is 4. The van der Waals surface area contributed by atoms with E-state index in [0.717, 1.165) is 22.8 Å². The first-order valence-corrected chi connectivity index (χ1v) is 11.0. The second-order valence-electron chi connectivity index (χ2n) is 6.81. The van der Waals surface area contributed by atoms with Gasteiger partial charge in [0.2, 0.25) is 0 Å². The van der Waals surface area contributed by atoms with Gasteiger partial charge in [-0.1, -0.05) is 17.7 Å². The van der Waals surface area contributed by atoms with Gasteiger partial charge < -0.3 is 4.90 Å². The molecule has 0 radical (unpaired) electrons. The Morgan fingerprint density at radius 3 is 2.37 bits per heavy atom. The third kappa shape index (κ3) is 3.90. The van der Waals surface area contributed by atoms with Gasteiger partial charge in [-0.05, 0) is 58.3 Å². The molecule has 0 bridgehead atoms. The number of aromatic nitrogens is 1. The Hall–Kier alpha value is -1.83. The van der Waals surface area contributed by atoms with Crippen molar-refractivity contribution < 1.29 is 12.8 Å². The fraction of sp³-hybridized carbons (Fsp3) is 0.300. The van der Waals surface area contributed by atoms with E-state index >= 15 is 0 Å². The second-order valence-corrected chi connectivity index (χ2v) is 9.70. The molecule has 7 heteroatoms. The van der Waals surface area contributed by atoms with Gasteiger partial charge in [0, 0.05) is 28.3 Å². The Bertz CT molecular complexity index is 1070. The molecule has 0 unspecified atom stereocenters. The van der Waals surface area contributed by atoms with Crippen LogP contribution in [0.4, 0.5) is 4.39 Å². The van der Waals surface area contributed by atoms with Crippen LogP contribution in [-0.2, 0) is 10.0 Å². The van der Waals surface area contributed by atoms with Crippen LogP contribution >= 0.6 is 11.8 Å². The number of halogens is 1. The van der Waals surface area contributed by atoms with Crippen molar-refractivity contribution in [3.63, 3.8) is 0 Å². The molecule has 0 saturated heterocycles. The molecule has 0 aliphatic rings. The zero-order chi connectivity index (χ0) is 19.8. The topological polar surface area (TPSA) is 42.3 Å². The van der Waals surface area contributed by atoms with Crippen LogP contribution in [0.2, 0.25) is 0 Å². The maximum Gasteiger partial charge on any atom is 0.268 e. The van der Waals surface area contributed by atoms with Gasteiger partial charge in [0.15, 0.2) is 0 Å². The number of fused-ring (bicyclic) bond motifs is 1. The molecule has 0 N–H and O–H groups in total. The maximum absolute atomic E-state index is 13.9. The van der Waals surface area contributed by atoms with Gasteiger partial charge in [0.1, 0.15) is 5.82 Å². The molecule has 0 spiro atoms. The van der Waals surface area contributed by atoms with Gasteiger partial charge in [0.05, 0.1) is 10.4 Å². The lowest BCUT2D eigenvalue weighted by molar-refractivity contribution is 0.437. The highest BCUT2D eigenvalue weighted by Gasteiger charge is 2.25. The average Bonchev–Trinajstić information content (AvgIpc) is 2.87. The van der Waals surface area contributed by atoms with E-state index in [1.165, 1.54) is 16.1 Å². The summed E-state index contributed by atoms with van der Waals surface area (Å²) >= 11 is 1.55. The van der Waals surface area contributed by atoms with Crippen LogP contribution in [0.25, 0.3) is 10.9 Å². The zero-order valence-electron chi connectivity index (χ0n) is 15.9. The first-order valence-electron chi connectivity index (χ1n) is 8.62. The monoisotopic (exact) mass is 406 g/mol. The molecule has 0 fully saturated rings. The summed E-state index contributed by atoms with van der Waals surface area (Å²) in [6.07, 6.45) is 0. The fourth-order valence-corrected chi connectivity index (χ4v) is 5.87. The third-order valence-corrected chi connectivity index (χ3v) is 7.41. The van der Waals surface area contributed by atoms with E-state index in [4.69, 9.17) is 0 Å². The molecule has 27 heavy (non-hydrogen) atoms. The van der Waals surface area contributed by atoms with Crippen LogP contribution < -0.4 is 0 Å². The standard InChI is InChI=1S/C20H23FN2O2S2/c1-14-5-8-17(9-6-14)27(24,25)23-15(2)20(26-12-11-22(3)4)18-13-16(21)7-10-19(18)23/h5-10,13H,11-12H2,1-4H3. The van der Waals surface area contributed by atoms with Crippen molar-refractivity contribution in [1.29, 1.82) is 0 Å². The van der Waals surface area contributed by atoms with Crippen LogP contribution in [0, 0.1) is 19.7 Å². The normalized spacial score (nSPS) is 12.2. The van der Waals surface area contributed by atoms with Crippen LogP contribution in [-0.4, -0.2) is 43.7 Å². The minimum Gasteiger partial charge on any atom is -0.309 e. The summed E-state index contributed by atoms with van der Waals surface area (Å²) < 4.78 is 41.9. The SMILES string of the molecule is Cc1ccc(S(=O)(=O)n2c(C)c(SCCN(C)C)c3cc(F)ccc32)cc1. The number of nitrogens with zero attached hydrogens (tertiary/aromatic N) is 2. The highest BCUT2D eigenvalue weighted by molar-refractivity contribution is 7.99. The molecular weight excluding hydrogens is 383 g/mol. The van der Waals surface area contributed by atoms with Crippen molar-refractivity contribution in [2.75, 3.05) is 26.4 Å². The molecule has 2 aromatic carbocycles. The van der Waals surface area contributed by atoms with E-state index in [0.29, 0.717) is 16.6 Å². The minimum atomic E-state index is -3.78. The van der Waals surface area contributed by atoms with Crippen LogP contribution in [0.5, 0.6) is 0 Å². The molecule has 3 aromatic rings. The molecular formula is C20H23FN2O2S2. The van der Waals surface area contributed by atoms with Crippen LogP contribution in [0.1, 0.15) is 11.3 Å². The van der Waals surface area contributed by atoms with E-state index in [2.05, 4.69) is 4.90 Å². The first kappa shape index (κ1) is 19.9. The summed E-state index contributed by atoms with van der Waals surface area (Å²) in [5.41, 5.74) is 2.10. The van der Waals surface area contributed by atoms with E-state index in [9.17, 15) is 12.8 Å². The molecule has 4 nitrogen and oxygen atoms in total. The lowest BCUT2D eigenvalue weighted by atomic mass is 10.2. The lowest BCUT2D eigenvalue weighted by Crippen LogP contribution is -2.15. The summed E-state index contributed by atoms with van der Waals surface area (Å²) in [6.45, 7) is 4.54.